The Morgan fingerprint density at radius 3 is 2.77 bits per heavy atom. The zero-order valence-corrected chi connectivity index (χ0v) is 18.7. The van der Waals surface area contributed by atoms with Crippen LogP contribution in [-0.4, -0.2) is 41.9 Å². The normalized spacial score (nSPS) is 27.9. The van der Waals surface area contributed by atoms with Gasteiger partial charge >= 0.3 is 11.9 Å². The van der Waals surface area contributed by atoms with Crippen LogP contribution in [-0.2, 0) is 23.9 Å². The summed E-state index contributed by atoms with van der Waals surface area (Å²) in [6.07, 6.45) is 6.68. The van der Waals surface area contributed by atoms with Gasteiger partial charge in [0.2, 0.25) is 0 Å². The molecule has 7 heteroatoms. The highest BCUT2D eigenvalue weighted by atomic mass is 19.1. The smallest absolute Gasteiger partial charge is 0.308 e. The summed E-state index contributed by atoms with van der Waals surface area (Å²) < 4.78 is 25.0. The van der Waals surface area contributed by atoms with Crippen LogP contribution in [0.1, 0.15) is 65.7 Å². The molecular weight excluding hydrogens is 403 g/mol. The number of carboxylic acids is 1. The van der Waals surface area contributed by atoms with E-state index in [1.54, 1.807) is 0 Å². The molecule has 0 saturated carbocycles. The number of carboxylic acid groups (broad SMARTS) is 1. The van der Waals surface area contributed by atoms with Crippen molar-refractivity contribution in [3.05, 3.63) is 23.8 Å². The zero-order valence-electron chi connectivity index (χ0n) is 18.7. The average molecular weight is 439 g/mol. The number of fused-ring (bicyclic) bond motifs is 1. The highest BCUT2D eigenvalue weighted by Crippen LogP contribution is 2.44. The second-order valence-electron chi connectivity index (χ2n) is 8.84. The van der Waals surface area contributed by atoms with Gasteiger partial charge in [0.1, 0.15) is 18.4 Å². The number of alkyl halides is 1. The minimum absolute atomic E-state index is 0.0545. The summed E-state index contributed by atoms with van der Waals surface area (Å²) in [5.41, 5.74) is 1.17. The third-order valence-corrected chi connectivity index (χ3v) is 6.61. The number of aliphatic carboxylic acids is 1. The lowest BCUT2D eigenvalue weighted by Crippen LogP contribution is -2.40. The molecule has 1 N–H and O–H groups in total. The fourth-order valence-electron chi connectivity index (χ4n) is 4.64. The van der Waals surface area contributed by atoms with E-state index in [-0.39, 0.29) is 42.2 Å². The second-order valence-corrected chi connectivity index (χ2v) is 8.84. The Kier molecular flexibility index (Phi) is 9.72. The van der Waals surface area contributed by atoms with Gasteiger partial charge < -0.3 is 14.6 Å². The Balaban J connectivity index is 2.10. The van der Waals surface area contributed by atoms with Gasteiger partial charge in [0.15, 0.2) is 0 Å². The molecule has 2 rings (SSSR count). The number of hydrogen-bond acceptors (Lipinski definition) is 5. The maximum absolute atomic E-state index is 14.0. The van der Waals surface area contributed by atoms with Gasteiger partial charge in [-0.15, -0.1) is 0 Å². The van der Waals surface area contributed by atoms with Crippen LogP contribution in [0.2, 0.25) is 0 Å². The predicted molar refractivity (Wildman–Crippen MR) is 114 cm³/mol. The summed E-state index contributed by atoms with van der Waals surface area (Å²) in [5, 5.41) is 8.78. The number of esters is 1. The number of hydrogen-bond donors (Lipinski definition) is 1. The molecule has 0 radical (unpaired) electrons. The molecule has 0 aromatic heterocycles. The molecule has 0 aliphatic heterocycles. The van der Waals surface area contributed by atoms with Crippen LogP contribution < -0.4 is 0 Å². The van der Waals surface area contributed by atoms with E-state index in [4.69, 9.17) is 14.6 Å². The summed E-state index contributed by atoms with van der Waals surface area (Å²) in [5.74, 6) is -1.11. The Morgan fingerprint density at radius 1 is 1.39 bits per heavy atom. The van der Waals surface area contributed by atoms with Crippen LogP contribution in [0.4, 0.5) is 4.39 Å². The molecule has 6 nitrogen and oxygen atoms in total. The van der Waals surface area contributed by atoms with Gasteiger partial charge in [-0.2, -0.15) is 0 Å². The summed E-state index contributed by atoms with van der Waals surface area (Å²) >= 11 is 0. The SMILES string of the molecule is CC[C@H](C)C(=O)O[C@H]1CCC=C2C=C[C@H](C)[C@H](CC[C@H](C[C@H](F)CC(=O)O)OC=O)C21. The van der Waals surface area contributed by atoms with Gasteiger partial charge in [0.05, 0.1) is 12.3 Å². The summed E-state index contributed by atoms with van der Waals surface area (Å²) in [6.45, 7) is 6.24. The van der Waals surface area contributed by atoms with E-state index in [0.29, 0.717) is 19.3 Å². The number of ether oxygens (including phenoxy) is 2. The maximum Gasteiger partial charge on any atom is 0.308 e. The fraction of sp³-hybridized carbons (Fsp3) is 0.708. The lowest BCUT2D eigenvalue weighted by atomic mass is 9.66. The molecule has 0 spiro atoms. The van der Waals surface area contributed by atoms with E-state index in [9.17, 15) is 18.8 Å². The first-order valence-corrected chi connectivity index (χ1v) is 11.3. The van der Waals surface area contributed by atoms with E-state index in [1.165, 1.54) is 5.57 Å². The van der Waals surface area contributed by atoms with Crippen molar-refractivity contribution in [3.8, 4) is 0 Å². The average Bonchev–Trinajstić information content (AvgIpc) is 2.72. The van der Waals surface area contributed by atoms with Crippen molar-refractivity contribution < 1.29 is 33.4 Å². The van der Waals surface area contributed by atoms with E-state index in [1.807, 2.05) is 13.8 Å². The van der Waals surface area contributed by atoms with Crippen LogP contribution in [0.5, 0.6) is 0 Å². The third-order valence-electron chi connectivity index (χ3n) is 6.61. The highest BCUT2D eigenvalue weighted by molar-refractivity contribution is 5.72. The van der Waals surface area contributed by atoms with Crippen molar-refractivity contribution in [2.24, 2.45) is 23.7 Å². The monoisotopic (exact) mass is 438 g/mol. The minimum atomic E-state index is -1.57. The van der Waals surface area contributed by atoms with E-state index in [2.05, 4.69) is 25.2 Å². The molecule has 174 valence electrons. The highest BCUT2D eigenvalue weighted by Gasteiger charge is 2.40. The quantitative estimate of drug-likeness (QED) is 0.353. The minimum Gasteiger partial charge on any atom is -0.481 e. The Bertz CT molecular complexity index is 688. The Hall–Kier alpha value is -2.18. The molecular formula is C24H35FO6. The largest absolute Gasteiger partial charge is 0.481 e. The van der Waals surface area contributed by atoms with Crippen molar-refractivity contribution in [3.63, 3.8) is 0 Å². The van der Waals surface area contributed by atoms with E-state index in [0.717, 1.165) is 19.3 Å². The number of carbonyl (C=O) groups excluding carboxylic acids is 2. The van der Waals surface area contributed by atoms with Crippen molar-refractivity contribution in [2.45, 2.75) is 84.1 Å². The van der Waals surface area contributed by atoms with Crippen LogP contribution in [0.3, 0.4) is 0 Å². The van der Waals surface area contributed by atoms with E-state index < -0.39 is 24.7 Å². The second kappa shape index (κ2) is 12.0. The molecule has 1 unspecified atom stereocenters. The molecule has 7 atom stereocenters. The van der Waals surface area contributed by atoms with Gasteiger partial charge in [-0.25, -0.2) is 4.39 Å². The van der Waals surface area contributed by atoms with E-state index >= 15 is 0 Å². The number of halogens is 1. The van der Waals surface area contributed by atoms with Crippen molar-refractivity contribution in [2.75, 3.05) is 0 Å². The molecule has 0 aromatic rings. The molecule has 0 fully saturated rings. The third kappa shape index (κ3) is 7.18. The number of allylic oxidation sites excluding steroid dienone is 3. The van der Waals surface area contributed by atoms with Crippen LogP contribution >= 0.6 is 0 Å². The first-order valence-electron chi connectivity index (χ1n) is 11.3. The topological polar surface area (TPSA) is 89.9 Å². The van der Waals surface area contributed by atoms with Gasteiger partial charge in [0, 0.05) is 12.3 Å². The Labute approximate surface area is 183 Å². The fourth-order valence-corrected chi connectivity index (χ4v) is 4.64. The molecule has 0 bridgehead atoms. The number of rotatable bonds is 12. The molecule has 31 heavy (non-hydrogen) atoms. The van der Waals surface area contributed by atoms with Gasteiger partial charge in [-0.3, -0.25) is 14.4 Å². The Morgan fingerprint density at radius 2 is 2.13 bits per heavy atom. The maximum atomic E-state index is 14.0. The molecule has 2 aliphatic rings. The standard InChI is InChI=1S/C24H35FO6/c1-4-15(2)24(29)31-21-7-5-6-17-9-8-16(3)20(23(17)21)11-10-19(30-14-26)12-18(25)13-22(27)28/h6,8-9,14-16,18-21,23H,4-5,7,10-13H2,1-3H3,(H,27,28)/t15-,16-,18-,19+,20-,21-,23?/m0/s1. The number of carbonyl (C=O) groups is 3. The predicted octanol–water partition coefficient (Wildman–Crippen LogP) is 4.63. The van der Waals surface area contributed by atoms with Crippen molar-refractivity contribution in [1.29, 1.82) is 0 Å². The summed E-state index contributed by atoms with van der Waals surface area (Å²) in [7, 11) is 0. The lowest BCUT2D eigenvalue weighted by molar-refractivity contribution is -0.158. The first-order chi connectivity index (χ1) is 14.8. The molecule has 0 amide bonds. The van der Waals surface area contributed by atoms with Gasteiger partial charge in [-0.1, -0.05) is 39.0 Å². The van der Waals surface area contributed by atoms with Gasteiger partial charge in [0.25, 0.3) is 6.47 Å². The summed E-state index contributed by atoms with van der Waals surface area (Å²) in [4.78, 5) is 34.1. The molecule has 0 saturated heterocycles. The van der Waals surface area contributed by atoms with Crippen LogP contribution in [0.15, 0.2) is 23.8 Å². The first kappa shape index (κ1) is 25.1. The zero-order chi connectivity index (χ0) is 23.0. The van der Waals surface area contributed by atoms with Crippen LogP contribution in [0, 0.1) is 23.7 Å². The summed E-state index contributed by atoms with van der Waals surface area (Å²) in [6, 6.07) is 0. The molecule has 2 aliphatic carbocycles. The molecule has 0 heterocycles. The van der Waals surface area contributed by atoms with Gasteiger partial charge in [-0.05, 0) is 49.5 Å². The van der Waals surface area contributed by atoms with Crippen LogP contribution in [0.25, 0.3) is 0 Å². The van der Waals surface area contributed by atoms with Crippen molar-refractivity contribution in [1.82, 2.24) is 0 Å². The molecule has 0 aromatic carbocycles. The van der Waals surface area contributed by atoms with Crippen molar-refractivity contribution >= 4 is 18.4 Å². The lowest BCUT2D eigenvalue weighted by Gasteiger charge is -2.42.